The number of piperidine rings is 1. The quantitative estimate of drug-likeness (QED) is 0.453. The summed E-state index contributed by atoms with van der Waals surface area (Å²) in [5.74, 6) is 0.326. The zero-order valence-corrected chi connectivity index (χ0v) is 20.8. The van der Waals surface area contributed by atoms with Crippen molar-refractivity contribution in [2.45, 2.75) is 39.7 Å². The zero-order valence-electron chi connectivity index (χ0n) is 20.8. The second-order valence-corrected chi connectivity index (χ2v) is 9.12. The molecule has 0 spiro atoms. The maximum atomic E-state index is 13.6. The van der Waals surface area contributed by atoms with E-state index < -0.39 is 0 Å². The summed E-state index contributed by atoms with van der Waals surface area (Å²) in [5, 5.41) is 3.11. The van der Waals surface area contributed by atoms with Crippen molar-refractivity contribution in [2.24, 2.45) is 5.92 Å². The second kappa shape index (κ2) is 11.9. The zero-order chi connectivity index (χ0) is 24.6. The fraction of sp³-hybridized carbons (Fsp3) is 0.481. The highest BCUT2D eigenvalue weighted by molar-refractivity contribution is 5.79. The molecule has 1 unspecified atom stereocenters. The van der Waals surface area contributed by atoms with Gasteiger partial charge in [-0.05, 0) is 56.6 Å². The molecule has 1 atom stereocenters. The van der Waals surface area contributed by atoms with Crippen molar-refractivity contribution in [3.8, 4) is 0 Å². The minimum absolute atomic E-state index is 0.0707. The van der Waals surface area contributed by atoms with Gasteiger partial charge >= 0.3 is 0 Å². The second-order valence-electron chi connectivity index (χ2n) is 9.12. The summed E-state index contributed by atoms with van der Waals surface area (Å²) >= 11 is 0. The van der Waals surface area contributed by atoms with Crippen molar-refractivity contribution in [3.63, 3.8) is 0 Å². The van der Waals surface area contributed by atoms with Crippen molar-refractivity contribution in [2.75, 3.05) is 44.2 Å². The third kappa shape index (κ3) is 6.06. The monoisotopic (exact) mass is 476 g/mol. The lowest BCUT2D eigenvalue weighted by Crippen LogP contribution is -2.46. The van der Waals surface area contributed by atoms with Gasteiger partial charge in [0.05, 0.1) is 12.5 Å². The Balaban J connectivity index is 1.50. The molecule has 35 heavy (non-hydrogen) atoms. The molecule has 1 fully saturated rings. The Morgan fingerprint density at radius 1 is 1.14 bits per heavy atom. The molecule has 1 N–H and O–H groups in total. The summed E-state index contributed by atoms with van der Waals surface area (Å²) in [5.41, 5.74) is 2.12. The Kier molecular flexibility index (Phi) is 8.47. The van der Waals surface area contributed by atoms with Gasteiger partial charge in [-0.1, -0.05) is 44.2 Å². The topological polar surface area (TPSA) is 83.4 Å². The molecule has 0 bridgehead atoms. The van der Waals surface area contributed by atoms with Gasteiger partial charge in [0.2, 0.25) is 5.91 Å². The van der Waals surface area contributed by atoms with E-state index in [1.54, 1.807) is 10.8 Å². The van der Waals surface area contributed by atoms with Crippen LogP contribution in [0.15, 0.2) is 53.5 Å². The number of benzene rings is 1. The number of anilines is 1. The maximum absolute atomic E-state index is 13.6. The first-order chi connectivity index (χ1) is 17.1. The lowest BCUT2D eigenvalue weighted by Gasteiger charge is -2.32. The number of hydrogen-bond donors (Lipinski definition) is 1. The van der Waals surface area contributed by atoms with Crippen molar-refractivity contribution >= 4 is 22.9 Å². The molecule has 8 heteroatoms. The van der Waals surface area contributed by atoms with Gasteiger partial charge in [-0.25, -0.2) is 9.97 Å². The van der Waals surface area contributed by atoms with E-state index in [0.29, 0.717) is 43.2 Å². The van der Waals surface area contributed by atoms with Gasteiger partial charge in [-0.3, -0.25) is 14.2 Å². The Labute approximate surface area is 207 Å². The highest BCUT2D eigenvalue weighted by Gasteiger charge is 2.28. The molecular formula is C27H36N6O2. The molecular weight excluding hydrogens is 440 g/mol. The van der Waals surface area contributed by atoms with Crippen molar-refractivity contribution < 1.29 is 4.79 Å². The van der Waals surface area contributed by atoms with Crippen molar-refractivity contribution in [3.05, 3.63) is 64.6 Å². The predicted octanol–water partition coefficient (Wildman–Crippen LogP) is 2.90. The van der Waals surface area contributed by atoms with Crippen LogP contribution in [0.1, 0.15) is 38.7 Å². The van der Waals surface area contributed by atoms with E-state index in [-0.39, 0.29) is 17.4 Å². The summed E-state index contributed by atoms with van der Waals surface area (Å²) in [6.45, 7) is 9.66. The number of amides is 1. The minimum atomic E-state index is -0.166. The highest BCUT2D eigenvalue weighted by Crippen LogP contribution is 2.22. The smallest absolute Gasteiger partial charge is 0.295 e. The highest BCUT2D eigenvalue weighted by atomic mass is 16.2. The molecule has 186 valence electrons. The Hall–Kier alpha value is -3.26. The standard InChI is InChI=1S/C27H36N6O2/c1-3-31(4-2)17-10-16-29-26(34)22-13-9-18-32(20-22)25-27(35)33(19-21-11-6-5-7-12-21)24-23(30-25)14-8-15-28-24/h5-8,11-12,14-15,22H,3-4,9-10,13,16-20H2,1-2H3,(H,29,34). The molecule has 0 saturated carbocycles. The van der Waals surface area contributed by atoms with Crippen LogP contribution < -0.4 is 15.8 Å². The average Bonchev–Trinajstić information content (AvgIpc) is 2.90. The predicted molar refractivity (Wildman–Crippen MR) is 140 cm³/mol. The molecule has 1 saturated heterocycles. The molecule has 3 aromatic rings. The SMILES string of the molecule is CCN(CC)CCCNC(=O)C1CCCN(c2nc3cccnc3n(Cc3ccccc3)c2=O)C1. The molecule has 8 nitrogen and oxygen atoms in total. The Morgan fingerprint density at radius 2 is 1.94 bits per heavy atom. The molecule has 1 aromatic carbocycles. The number of rotatable bonds is 10. The Morgan fingerprint density at radius 3 is 2.71 bits per heavy atom. The summed E-state index contributed by atoms with van der Waals surface area (Å²) in [4.78, 5) is 40.0. The van der Waals surface area contributed by atoms with E-state index in [2.05, 4.69) is 29.0 Å². The molecule has 3 heterocycles. The van der Waals surface area contributed by atoms with Crippen LogP contribution in [-0.4, -0.2) is 64.6 Å². The van der Waals surface area contributed by atoms with Gasteiger partial charge < -0.3 is 15.1 Å². The van der Waals surface area contributed by atoms with E-state index in [1.807, 2.05) is 47.4 Å². The number of hydrogen-bond acceptors (Lipinski definition) is 6. The molecule has 0 radical (unpaired) electrons. The summed E-state index contributed by atoms with van der Waals surface area (Å²) in [7, 11) is 0. The number of fused-ring (bicyclic) bond motifs is 1. The van der Waals surface area contributed by atoms with E-state index in [0.717, 1.165) is 44.5 Å². The van der Waals surface area contributed by atoms with E-state index in [4.69, 9.17) is 4.98 Å². The van der Waals surface area contributed by atoms with Crippen molar-refractivity contribution in [1.29, 1.82) is 0 Å². The summed E-state index contributed by atoms with van der Waals surface area (Å²) in [6.07, 6.45) is 4.30. The van der Waals surface area contributed by atoms with E-state index in [1.165, 1.54) is 0 Å². The number of aromatic nitrogens is 3. The first kappa shape index (κ1) is 24.9. The number of carbonyl (C=O) groups excluding carboxylic acids is 1. The van der Waals surface area contributed by atoms with Crippen LogP contribution in [0.4, 0.5) is 5.82 Å². The van der Waals surface area contributed by atoms with Gasteiger partial charge in [-0.2, -0.15) is 0 Å². The first-order valence-electron chi connectivity index (χ1n) is 12.7. The normalized spacial score (nSPS) is 16.1. The fourth-order valence-corrected chi connectivity index (χ4v) is 4.76. The first-order valence-corrected chi connectivity index (χ1v) is 12.7. The molecule has 1 aliphatic heterocycles. The Bertz CT molecular complexity index is 1180. The number of nitrogens with one attached hydrogen (secondary N) is 1. The molecule has 1 aliphatic rings. The number of pyridine rings is 1. The van der Waals surface area contributed by atoms with Crippen LogP contribution >= 0.6 is 0 Å². The van der Waals surface area contributed by atoms with Crippen LogP contribution in [0.25, 0.3) is 11.2 Å². The average molecular weight is 477 g/mol. The van der Waals surface area contributed by atoms with E-state index >= 15 is 0 Å². The van der Waals surface area contributed by atoms with Crippen LogP contribution in [0.5, 0.6) is 0 Å². The van der Waals surface area contributed by atoms with Gasteiger partial charge in [0, 0.05) is 25.8 Å². The van der Waals surface area contributed by atoms with Gasteiger partial charge in [0.15, 0.2) is 11.5 Å². The molecule has 4 rings (SSSR count). The summed E-state index contributed by atoms with van der Waals surface area (Å²) < 4.78 is 1.70. The minimum Gasteiger partial charge on any atom is -0.356 e. The van der Waals surface area contributed by atoms with Crippen LogP contribution in [-0.2, 0) is 11.3 Å². The third-order valence-corrected chi connectivity index (χ3v) is 6.80. The molecule has 0 aliphatic carbocycles. The number of carbonyl (C=O) groups is 1. The van der Waals surface area contributed by atoms with Gasteiger partial charge in [0.25, 0.3) is 5.56 Å². The van der Waals surface area contributed by atoms with Gasteiger partial charge in [-0.15, -0.1) is 0 Å². The lowest BCUT2D eigenvalue weighted by atomic mass is 9.97. The van der Waals surface area contributed by atoms with Crippen LogP contribution in [0.2, 0.25) is 0 Å². The van der Waals surface area contributed by atoms with Crippen molar-refractivity contribution in [1.82, 2.24) is 24.8 Å². The van der Waals surface area contributed by atoms with E-state index in [9.17, 15) is 9.59 Å². The fourth-order valence-electron chi connectivity index (χ4n) is 4.76. The molecule has 1 amide bonds. The van der Waals surface area contributed by atoms with Crippen LogP contribution in [0.3, 0.4) is 0 Å². The summed E-state index contributed by atoms with van der Waals surface area (Å²) in [6, 6.07) is 13.6. The lowest BCUT2D eigenvalue weighted by molar-refractivity contribution is -0.125. The number of nitrogens with zero attached hydrogens (tertiary/aromatic N) is 5. The van der Waals surface area contributed by atoms with Gasteiger partial charge in [0.1, 0.15) is 5.52 Å². The molecule has 2 aromatic heterocycles. The van der Waals surface area contributed by atoms with Crippen LogP contribution in [0, 0.1) is 5.92 Å². The maximum Gasteiger partial charge on any atom is 0.295 e. The largest absolute Gasteiger partial charge is 0.356 e. The third-order valence-electron chi connectivity index (χ3n) is 6.80.